The monoisotopic (exact) mass is 279 g/mol. The Kier molecular flexibility index (Phi) is 4.12. The van der Waals surface area contributed by atoms with Gasteiger partial charge in [-0.05, 0) is 31.2 Å². The smallest absolute Gasteiger partial charge is 0.159 e. The molecule has 1 aromatic carbocycles. The third-order valence-electron chi connectivity index (χ3n) is 3.19. The maximum absolute atomic E-state index is 4.44. The average molecular weight is 279 g/mol. The van der Waals surface area contributed by atoms with E-state index in [0.29, 0.717) is 5.82 Å². The minimum atomic E-state index is 0.710. The maximum atomic E-state index is 4.44. The van der Waals surface area contributed by atoms with Crippen molar-refractivity contribution < 1.29 is 0 Å². The zero-order chi connectivity index (χ0) is 14.5. The lowest BCUT2D eigenvalue weighted by molar-refractivity contribution is 0.672. The van der Waals surface area contributed by atoms with Crippen LogP contribution in [0.1, 0.15) is 18.9 Å². The van der Waals surface area contributed by atoms with Crippen molar-refractivity contribution in [3.05, 3.63) is 48.5 Å². The van der Waals surface area contributed by atoms with Gasteiger partial charge >= 0.3 is 0 Å². The fourth-order valence-corrected chi connectivity index (χ4v) is 2.11. The van der Waals surface area contributed by atoms with Crippen LogP contribution in [-0.4, -0.2) is 26.5 Å². The van der Waals surface area contributed by atoms with Crippen molar-refractivity contribution in [2.75, 3.05) is 6.54 Å². The largest absolute Gasteiger partial charge is 0.313 e. The molecule has 0 aliphatic heterocycles. The molecule has 1 N–H and O–H groups in total. The van der Waals surface area contributed by atoms with E-state index in [1.165, 1.54) is 0 Å². The van der Waals surface area contributed by atoms with Crippen LogP contribution < -0.4 is 5.32 Å². The number of benzene rings is 1. The number of nitrogens with one attached hydrogen (secondary N) is 1. The van der Waals surface area contributed by atoms with E-state index < -0.39 is 0 Å². The summed E-state index contributed by atoms with van der Waals surface area (Å²) in [5, 5.41) is 3.34. The number of hydrogen-bond acceptors (Lipinski definition) is 5. The first-order valence-electron chi connectivity index (χ1n) is 7.09. The van der Waals surface area contributed by atoms with Crippen molar-refractivity contribution in [1.29, 1.82) is 0 Å². The van der Waals surface area contributed by atoms with Crippen molar-refractivity contribution >= 4 is 11.0 Å². The lowest BCUT2D eigenvalue weighted by Gasteiger charge is -2.05. The molecule has 0 bridgehead atoms. The normalized spacial score (nSPS) is 10.9. The molecule has 0 atom stereocenters. The van der Waals surface area contributed by atoms with Crippen LogP contribution in [0.15, 0.2) is 43.0 Å². The van der Waals surface area contributed by atoms with Gasteiger partial charge in [0, 0.05) is 42.5 Å². The Morgan fingerprint density at radius 3 is 2.48 bits per heavy atom. The Hall–Kier alpha value is -2.40. The summed E-state index contributed by atoms with van der Waals surface area (Å²) in [6, 6.07) is 5.88. The van der Waals surface area contributed by atoms with Gasteiger partial charge < -0.3 is 5.32 Å². The van der Waals surface area contributed by atoms with Crippen LogP contribution in [0.4, 0.5) is 0 Å². The number of fused-ring (bicyclic) bond motifs is 1. The predicted molar refractivity (Wildman–Crippen MR) is 82.6 cm³/mol. The summed E-state index contributed by atoms with van der Waals surface area (Å²) in [6.45, 7) is 3.96. The van der Waals surface area contributed by atoms with Crippen LogP contribution >= 0.6 is 0 Å². The van der Waals surface area contributed by atoms with Gasteiger partial charge in [0.15, 0.2) is 5.82 Å². The summed E-state index contributed by atoms with van der Waals surface area (Å²) in [6.07, 6.45) is 8.24. The first-order valence-corrected chi connectivity index (χ1v) is 7.09. The maximum Gasteiger partial charge on any atom is 0.159 e. The first kappa shape index (κ1) is 13.6. The van der Waals surface area contributed by atoms with E-state index in [4.69, 9.17) is 0 Å². The molecule has 0 spiro atoms. The average Bonchev–Trinajstić information content (AvgIpc) is 2.55. The Balaban J connectivity index is 1.81. The van der Waals surface area contributed by atoms with E-state index in [1.54, 1.807) is 12.4 Å². The van der Waals surface area contributed by atoms with Gasteiger partial charge in [0.05, 0.1) is 11.0 Å². The third-order valence-corrected chi connectivity index (χ3v) is 3.19. The van der Waals surface area contributed by atoms with Crippen LogP contribution in [0.2, 0.25) is 0 Å². The first-order chi connectivity index (χ1) is 10.4. The van der Waals surface area contributed by atoms with Crippen molar-refractivity contribution in [3.63, 3.8) is 0 Å². The molecule has 0 saturated carbocycles. The van der Waals surface area contributed by atoms with E-state index in [-0.39, 0.29) is 0 Å². The van der Waals surface area contributed by atoms with Gasteiger partial charge in [0.1, 0.15) is 0 Å². The second-order valence-electron chi connectivity index (χ2n) is 4.85. The minimum Gasteiger partial charge on any atom is -0.313 e. The summed E-state index contributed by atoms with van der Waals surface area (Å²) in [5.74, 6) is 0.710. The highest BCUT2D eigenvalue weighted by atomic mass is 14.9. The molecule has 2 heterocycles. The molecule has 0 unspecified atom stereocenters. The van der Waals surface area contributed by atoms with E-state index in [0.717, 1.165) is 41.7 Å². The number of aromatic nitrogens is 4. The number of nitrogens with zero attached hydrogens (tertiary/aromatic N) is 4. The van der Waals surface area contributed by atoms with E-state index in [9.17, 15) is 0 Å². The summed E-state index contributed by atoms with van der Waals surface area (Å²) in [4.78, 5) is 17.4. The molecular weight excluding hydrogens is 262 g/mol. The van der Waals surface area contributed by atoms with Gasteiger partial charge in [-0.2, -0.15) is 0 Å². The molecule has 0 aliphatic carbocycles. The highest BCUT2D eigenvalue weighted by Gasteiger charge is 2.04. The molecule has 106 valence electrons. The van der Waals surface area contributed by atoms with Crippen molar-refractivity contribution in [3.8, 4) is 11.4 Å². The second-order valence-corrected chi connectivity index (χ2v) is 4.85. The molecule has 0 aliphatic rings. The highest BCUT2D eigenvalue weighted by molar-refractivity contribution is 5.79. The predicted octanol–water partition coefficient (Wildman–Crippen LogP) is 2.59. The summed E-state index contributed by atoms with van der Waals surface area (Å²) in [5.41, 5.74) is 3.78. The highest BCUT2D eigenvalue weighted by Crippen LogP contribution is 2.18. The van der Waals surface area contributed by atoms with Crippen LogP contribution in [-0.2, 0) is 6.54 Å². The SMILES string of the molecule is CCCNCc1cnc(-c2ccc3nccnc3c2)nc1. The topological polar surface area (TPSA) is 63.6 Å². The van der Waals surface area contributed by atoms with Crippen molar-refractivity contribution in [2.45, 2.75) is 19.9 Å². The molecular formula is C16H17N5. The molecule has 0 saturated heterocycles. The molecule has 3 aromatic rings. The van der Waals surface area contributed by atoms with E-state index >= 15 is 0 Å². The van der Waals surface area contributed by atoms with Gasteiger partial charge in [0.25, 0.3) is 0 Å². The van der Waals surface area contributed by atoms with Crippen LogP contribution in [0, 0.1) is 0 Å². The Bertz CT molecular complexity index is 724. The minimum absolute atomic E-state index is 0.710. The molecule has 0 fully saturated rings. The molecule has 3 rings (SSSR count). The lowest BCUT2D eigenvalue weighted by atomic mass is 10.2. The number of rotatable bonds is 5. The standard InChI is InChI=1S/C16H17N5/c1-2-5-17-9-12-10-20-16(21-11-12)13-3-4-14-15(8-13)19-7-6-18-14/h3-4,6-8,10-11,17H,2,5,9H2,1H3. The van der Waals surface area contributed by atoms with Crippen LogP contribution in [0.3, 0.4) is 0 Å². The zero-order valence-electron chi connectivity index (χ0n) is 12.0. The van der Waals surface area contributed by atoms with Crippen LogP contribution in [0.5, 0.6) is 0 Å². The quantitative estimate of drug-likeness (QED) is 0.727. The zero-order valence-corrected chi connectivity index (χ0v) is 12.0. The summed E-state index contributed by atoms with van der Waals surface area (Å²) in [7, 11) is 0. The molecule has 0 amide bonds. The van der Waals surface area contributed by atoms with Crippen molar-refractivity contribution in [2.24, 2.45) is 0 Å². The fourth-order valence-electron chi connectivity index (χ4n) is 2.11. The van der Waals surface area contributed by atoms with Gasteiger partial charge in [-0.1, -0.05) is 6.92 Å². The van der Waals surface area contributed by atoms with E-state index in [1.807, 2.05) is 30.6 Å². The van der Waals surface area contributed by atoms with Gasteiger partial charge in [0.2, 0.25) is 0 Å². The second kappa shape index (κ2) is 6.37. The fraction of sp³-hybridized carbons (Fsp3) is 0.250. The third kappa shape index (κ3) is 3.20. The van der Waals surface area contributed by atoms with Crippen molar-refractivity contribution in [1.82, 2.24) is 25.3 Å². The molecule has 5 nitrogen and oxygen atoms in total. The van der Waals surface area contributed by atoms with E-state index in [2.05, 4.69) is 32.2 Å². The Morgan fingerprint density at radius 2 is 1.71 bits per heavy atom. The summed E-state index contributed by atoms with van der Waals surface area (Å²) >= 11 is 0. The molecule has 21 heavy (non-hydrogen) atoms. The van der Waals surface area contributed by atoms with Gasteiger partial charge in [-0.3, -0.25) is 9.97 Å². The summed E-state index contributed by atoms with van der Waals surface area (Å²) < 4.78 is 0. The Labute approximate surface area is 123 Å². The lowest BCUT2D eigenvalue weighted by Crippen LogP contribution is -2.14. The van der Waals surface area contributed by atoms with Gasteiger partial charge in [-0.25, -0.2) is 9.97 Å². The molecule has 0 radical (unpaired) electrons. The van der Waals surface area contributed by atoms with Crippen LogP contribution in [0.25, 0.3) is 22.4 Å². The Morgan fingerprint density at radius 1 is 0.952 bits per heavy atom. The van der Waals surface area contributed by atoms with Gasteiger partial charge in [-0.15, -0.1) is 0 Å². The molecule has 2 aromatic heterocycles. The molecule has 5 heteroatoms. The number of hydrogen-bond donors (Lipinski definition) is 1.